The van der Waals surface area contributed by atoms with Gasteiger partial charge >= 0.3 is 0 Å². The predicted molar refractivity (Wildman–Crippen MR) is 85.5 cm³/mol. The van der Waals surface area contributed by atoms with Crippen molar-refractivity contribution in [1.82, 2.24) is 4.98 Å². The van der Waals surface area contributed by atoms with Gasteiger partial charge in [0, 0.05) is 34.9 Å². The zero-order chi connectivity index (χ0) is 15.4. The summed E-state index contributed by atoms with van der Waals surface area (Å²) >= 11 is 0. The van der Waals surface area contributed by atoms with Crippen LogP contribution in [-0.2, 0) is 0 Å². The molecular formula is C18H14N2O2. The molecule has 3 aromatic rings. The molecule has 1 heterocycles. The minimum Gasteiger partial charge on any atom is -0.508 e. The van der Waals surface area contributed by atoms with E-state index in [4.69, 9.17) is 0 Å². The zero-order valence-electron chi connectivity index (χ0n) is 11.7. The fraction of sp³-hybridized carbons (Fsp3) is 0. The summed E-state index contributed by atoms with van der Waals surface area (Å²) in [7, 11) is 0. The van der Waals surface area contributed by atoms with Crippen molar-refractivity contribution in [2.45, 2.75) is 0 Å². The average molecular weight is 290 g/mol. The van der Waals surface area contributed by atoms with Crippen LogP contribution < -0.4 is 5.32 Å². The van der Waals surface area contributed by atoms with Crippen molar-refractivity contribution in [3.05, 3.63) is 84.2 Å². The number of ketones is 1. The highest BCUT2D eigenvalue weighted by Crippen LogP contribution is 2.20. The number of carbonyl (C=O) groups excluding carboxylic acids is 1. The molecule has 0 bridgehead atoms. The Labute approximate surface area is 128 Å². The number of phenolic OH excluding ortho intramolecular Hbond substituents is 1. The molecular weight excluding hydrogens is 276 g/mol. The van der Waals surface area contributed by atoms with Gasteiger partial charge in [-0.3, -0.25) is 9.78 Å². The summed E-state index contributed by atoms with van der Waals surface area (Å²) in [6.07, 6.45) is 3.20. The molecule has 3 rings (SSSR count). The summed E-state index contributed by atoms with van der Waals surface area (Å²) in [5.74, 6) is 0.173. The molecule has 0 spiro atoms. The van der Waals surface area contributed by atoms with Gasteiger partial charge in [-0.1, -0.05) is 0 Å². The van der Waals surface area contributed by atoms with Crippen molar-refractivity contribution in [2.24, 2.45) is 0 Å². The molecule has 0 radical (unpaired) electrons. The van der Waals surface area contributed by atoms with Gasteiger partial charge in [-0.15, -0.1) is 0 Å². The van der Waals surface area contributed by atoms with Crippen LogP contribution in [0.1, 0.15) is 15.9 Å². The van der Waals surface area contributed by atoms with Gasteiger partial charge in [-0.2, -0.15) is 0 Å². The van der Waals surface area contributed by atoms with E-state index in [-0.39, 0.29) is 11.5 Å². The van der Waals surface area contributed by atoms with Crippen LogP contribution in [0.5, 0.6) is 5.75 Å². The minimum absolute atomic E-state index is 0.0516. The van der Waals surface area contributed by atoms with Gasteiger partial charge in [0.15, 0.2) is 5.78 Å². The van der Waals surface area contributed by atoms with Gasteiger partial charge in [-0.05, 0) is 60.7 Å². The number of rotatable bonds is 4. The predicted octanol–water partition coefficient (Wildman–Crippen LogP) is 3.76. The number of aromatic hydroxyl groups is 1. The maximum absolute atomic E-state index is 12.3. The Hall–Kier alpha value is -3.14. The smallest absolute Gasteiger partial charge is 0.194 e. The first-order valence-corrected chi connectivity index (χ1v) is 6.83. The largest absolute Gasteiger partial charge is 0.508 e. The van der Waals surface area contributed by atoms with Crippen LogP contribution in [0.25, 0.3) is 0 Å². The second-order valence-electron chi connectivity index (χ2n) is 4.82. The van der Waals surface area contributed by atoms with Gasteiger partial charge in [-0.25, -0.2) is 0 Å². The fourth-order valence-electron chi connectivity index (χ4n) is 2.08. The number of aromatic nitrogens is 1. The molecule has 22 heavy (non-hydrogen) atoms. The van der Waals surface area contributed by atoms with E-state index < -0.39 is 0 Å². The molecule has 1 aromatic heterocycles. The number of carbonyl (C=O) groups is 1. The van der Waals surface area contributed by atoms with Crippen LogP contribution in [-0.4, -0.2) is 15.9 Å². The molecule has 2 aromatic carbocycles. The van der Waals surface area contributed by atoms with Crippen LogP contribution in [0, 0.1) is 0 Å². The van der Waals surface area contributed by atoms with Crippen molar-refractivity contribution in [1.29, 1.82) is 0 Å². The van der Waals surface area contributed by atoms with Crippen LogP contribution in [0.15, 0.2) is 73.1 Å². The van der Waals surface area contributed by atoms with E-state index in [1.54, 1.807) is 60.9 Å². The molecule has 0 fully saturated rings. The number of hydrogen-bond acceptors (Lipinski definition) is 4. The number of pyridine rings is 1. The second-order valence-corrected chi connectivity index (χ2v) is 4.82. The van der Waals surface area contributed by atoms with Crippen LogP contribution in [0.4, 0.5) is 11.4 Å². The minimum atomic E-state index is -0.0516. The topological polar surface area (TPSA) is 62.2 Å². The van der Waals surface area contributed by atoms with Crippen molar-refractivity contribution < 1.29 is 9.90 Å². The summed E-state index contributed by atoms with van der Waals surface area (Å²) in [5, 5.41) is 12.5. The normalized spacial score (nSPS) is 10.2. The third kappa shape index (κ3) is 3.12. The molecule has 2 N–H and O–H groups in total. The first-order chi connectivity index (χ1) is 10.7. The zero-order valence-corrected chi connectivity index (χ0v) is 11.7. The highest BCUT2D eigenvalue weighted by Gasteiger charge is 2.08. The molecule has 0 aliphatic heterocycles. The number of benzene rings is 2. The number of nitrogens with one attached hydrogen (secondary N) is 1. The Morgan fingerprint density at radius 1 is 0.864 bits per heavy atom. The first-order valence-electron chi connectivity index (χ1n) is 6.83. The van der Waals surface area contributed by atoms with Crippen molar-refractivity contribution in [3.8, 4) is 5.75 Å². The quantitative estimate of drug-likeness (QED) is 0.567. The Morgan fingerprint density at radius 3 is 2.09 bits per heavy atom. The molecule has 0 atom stereocenters. The molecule has 0 aliphatic carbocycles. The summed E-state index contributed by atoms with van der Waals surface area (Å²) in [4.78, 5) is 16.2. The maximum atomic E-state index is 12.3. The third-order valence-corrected chi connectivity index (χ3v) is 3.23. The average Bonchev–Trinajstić information content (AvgIpc) is 2.58. The Balaban J connectivity index is 1.75. The van der Waals surface area contributed by atoms with E-state index in [1.807, 2.05) is 12.1 Å². The second kappa shape index (κ2) is 6.10. The molecule has 4 nitrogen and oxygen atoms in total. The molecule has 0 amide bonds. The Morgan fingerprint density at radius 2 is 1.50 bits per heavy atom. The van der Waals surface area contributed by atoms with Gasteiger partial charge in [0.05, 0.1) is 0 Å². The van der Waals surface area contributed by atoms with Gasteiger partial charge in [0.2, 0.25) is 0 Å². The molecule has 0 saturated heterocycles. The maximum Gasteiger partial charge on any atom is 0.194 e. The van der Waals surface area contributed by atoms with Gasteiger partial charge < -0.3 is 10.4 Å². The summed E-state index contributed by atoms with van der Waals surface area (Å²) in [6.45, 7) is 0. The summed E-state index contributed by atoms with van der Waals surface area (Å²) in [6, 6.07) is 17.5. The van der Waals surface area contributed by atoms with E-state index in [2.05, 4.69) is 10.3 Å². The molecule has 0 saturated carbocycles. The number of anilines is 2. The highest BCUT2D eigenvalue weighted by atomic mass is 16.3. The lowest BCUT2D eigenvalue weighted by Gasteiger charge is -2.07. The standard InChI is InChI=1S/C18H14N2O2/c21-17-9-7-16(8-10-17)20-15-5-3-13(4-6-15)18(22)14-2-1-11-19-12-14/h1-12,20-21H. The van der Waals surface area contributed by atoms with E-state index in [0.29, 0.717) is 11.1 Å². The van der Waals surface area contributed by atoms with Crippen LogP contribution >= 0.6 is 0 Å². The number of nitrogens with zero attached hydrogens (tertiary/aromatic N) is 1. The van der Waals surface area contributed by atoms with Crippen molar-refractivity contribution in [2.75, 3.05) is 5.32 Å². The number of hydrogen-bond donors (Lipinski definition) is 2. The Bertz CT molecular complexity index is 766. The fourth-order valence-corrected chi connectivity index (χ4v) is 2.08. The Kier molecular flexibility index (Phi) is 3.83. The molecule has 4 heteroatoms. The van der Waals surface area contributed by atoms with E-state index >= 15 is 0 Å². The van der Waals surface area contributed by atoms with Crippen LogP contribution in [0.3, 0.4) is 0 Å². The van der Waals surface area contributed by atoms with Crippen molar-refractivity contribution in [3.63, 3.8) is 0 Å². The first kappa shape index (κ1) is 13.8. The number of phenols is 1. The van der Waals surface area contributed by atoms with Gasteiger partial charge in [0.25, 0.3) is 0 Å². The lowest BCUT2D eigenvalue weighted by Crippen LogP contribution is -2.01. The van der Waals surface area contributed by atoms with Gasteiger partial charge in [0.1, 0.15) is 5.75 Å². The molecule has 0 unspecified atom stereocenters. The molecule has 108 valence electrons. The lowest BCUT2D eigenvalue weighted by atomic mass is 10.0. The third-order valence-electron chi connectivity index (χ3n) is 3.23. The van der Waals surface area contributed by atoms with Crippen molar-refractivity contribution >= 4 is 17.2 Å². The summed E-state index contributed by atoms with van der Waals surface area (Å²) < 4.78 is 0. The monoisotopic (exact) mass is 290 g/mol. The molecule has 0 aliphatic rings. The summed E-state index contributed by atoms with van der Waals surface area (Å²) in [5.41, 5.74) is 2.92. The van der Waals surface area contributed by atoms with E-state index in [0.717, 1.165) is 11.4 Å². The SMILES string of the molecule is O=C(c1ccc(Nc2ccc(O)cc2)cc1)c1cccnc1. The van der Waals surface area contributed by atoms with E-state index in [1.165, 1.54) is 0 Å². The van der Waals surface area contributed by atoms with E-state index in [9.17, 15) is 9.90 Å². The highest BCUT2D eigenvalue weighted by molar-refractivity contribution is 6.08. The van der Waals surface area contributed by atoms with Crippen LogP contribution in [0.2, 0.25) is 0 Å². The lowest BCUT2D eigenvalue weighted by molar-refractivity contribution is 0.103.